The van der Waals surface area contributed by atoms with Gasteiger partial charge in [0.15, 0.2) is 0 Å². The molecule has 0 heterocycles. The highest BCUT2D eigenvalue weighted by Crippen LogP contribution is 2.23. The molecule has 3 heteroatoms. The summed E-state index contributed by atoms with van der Waals surface area (Å²) in [6, 6.07) is 0. The zero-order valence-electron chi connectivity index (χ0n) is 11.3. The molecule has 96 valence electrons. The minimum Gasteiger partial charge on any atom is -0.465 e. The van der Waals surface area contributed by atoms with Gasteiger partial charge in [0, 0.05) is 6.42 Å². The first-order valence-electron chi connectivity index (χ1n) is 6.21. The van der Waals surface area contributed by atoms with Gasteiger partial charge in [-0.2, -0.15) is 0 Å². The number of esters is 1. The van der Waals surface area contributed by atoms with Crippen molar-refractivity contribution in [3.8, 4) is 0 Å². The topological polar surface area (TPSA) is 46.5 Å². The molecule has 0 aliphatic heterocycles. The van der Waals surface area contributed by atoms with Gasteiger partial charge in [0.25, 0.3) is 0 Å². The van der Waals surface area contributed by atoms with E-state index in [9.17, 15) is 9.90 Å². The van der Waals surface area contributed by atoms with E-state index >= 15 is 0 Å². The summed E-state index contributed by atoms with van der Waals surface area (Å²) in [5, 5.41) is 10.0. The molecule has 0 aromatic rings. The van der Waals surface area contributed by atoms with E-state index in [0.29, 0.717) is 25.9 Å². The van der Waals surface area contributed by atoms with Gasteiger partial charge < -0.3 is 9.84 Å². The van der Waals surface area contributed by atoms with Gasteiger partial charge in [-0.15, -0.1) is 0 Å². The molecular formula is C13H26O3. The van der Waals surface area contributed by atoms with Crippen molar-refractivity contribution in [3.05, 3.63) is 0 Å². The van der Waals surface area contributed by atoms with Crippen LogP contribution < -0.4 is 0 Å². The van der Waals surface area contributed by atoms with Gasteiger partial charge in [0.05, 0.1) is 17.6 Å². The second-order valence-electron chi connectivity index (χ2n) is 5.05. The average Bonchev–Trinajstić information content (AvgIpc) is 2.28. The van der Waals surface area contributed by atoms with Gasteiger partial charge >= 0.3 is 5.97 Å². The summed E-state index contributed by atoms with van der Waals surface area (Å²) >= 11 is 0. The van der Waals surface area contributed by atoms with Gasteiger partial charge in [-0.1, -0.05) is 20.8 Å². The summed E-state index contributed by atoms with van der Waals surface area (Å²) in [5.74, 6) is -0.176. The minimum absolute atomic E-state index is 0.176. The smallest absolute Gasteiger partial charge is 0.311 e. The Morgan fingerprint density at radius 2 is 1.62 bits per heavy atom. The van der Waals surface area contributed by atoms with Gasteiger partial charge in [-0.3, -0.25) is 4.79 Å². The lowest BCUT2D eigenvalue weighted by Crippen LogP contribution is -2.31. The van der Waals surface area contributed by atoms with Crippen LogP contribution in [-0.2, 0) is 9.53 Å². The van der Waals surface area contributed by atoms with Crippen molar-refractivity contribution < 1.29 is 14.6 Å². The highest BCUT2D eigenvalue weighted by atomic mass is 16.5. The molecule has 0 saturated heterocycles. The molecule has 0 amide bonds. The number of ether oxygens (including phenoxy) is 1. The molecule has 0 saturated carbocycles. The summed E-state index contributed by atoms with van der Waals surface area (Å²) in [7, 11) is 0. The molecule has 16 heavy (non-hydrogen) atoms. The van der Waals surface area contributed by atoms with Gasteiger partial charge in [-0.05, 0) is 33.1 Å². The molecule has 0 aromatic carbocycles. The largest absolute Gasteiger partial charge is 0.465 e. The summed E-state index contributed by atoms with van der Waals surface area (Å²) in [4.78, 5) is 11.7. The Bertz CT molecular complexity index is 217. The van der Waals surface area contributed by atoms with Crippen LogP contribution >= 0.6 is 0 Å². The molecule has 0 aliphatic rings. The number of carbonyl (C=O) groups excluding carboxylic acids is 1. The monoisotopic (exact) mass is 230 g/mol. The predicted octanol–water partition coefficient (Wildman–Crippen LogP) is 2.91. The Morgan fingerprint density at radius 1 is 1.12 bits per heavy atom. The Morgan fingerprint density at radius 3 is 2.00 bits per heavy atom. The predicted molar refractivity (Wildman–Crippen MR) is 65.2 cm³/mol. The van der Waals surface area contributed by atoms with Crippen LogP contribution in [0.1, 0.15) is 60.3 Å². The van der Waals surface area contributed by atoms with Crippen molar-refractivity contribution in [2.24, 2.45) is 5.41 Å². The van der Waals surface area contributed by atoms with E-state index < -0.39 is 11.0 Å². The number of hydrogen-bond acceptors (Lipinski definition) is 3. The normalized spacial score (nSPS) is 12.6. The van der Waals surface area contributed by atoms with Gasteiger partial charge in [0.1, 0.15) is 0 Å². The van der Waals surface area contributed by atoms with Crippen LogP contribution in [0.4, 0.5) is 0 Å². The molecule has 0 bridgehead atoms. The number of hydrogen-bond donors (Lipinski definition) is 1. The molecule has 0 atom stereocenters. The first kappa shape index (κ1) is 15.4. The van der Waals surface area contributed by atoms with E-state index in [-0.39, 0.29) is 5.97 Å². The fraction of sp³-hybridized carbons (Fsp3) is 0.923. The third-order valence-corrected chi connectivity index (χ3v) is 3.55. The van der Waals surface area contributed by atoms with Crippen LogP contribution in [0.5, 0.6) is 0 Å². The van der Waals surface area contributed by atoms with Crippen molar-refractivity contribution >= 4 is 5.97 Å². The van der Waals surface area contributed by atoms with Crippen molar-refractivity contribution in [1.82, 2.24) is 0 Å². The van der Waals surface area contributed by atoms with E-state index in [1.807, 2.05) is 34.6 Å². The molecular weight excluding hydrogens is 204 g/mol. The molecule has 0 aromatic heterocycles. The van der Waals surface area contributed by atoms with Crippen LogP contribution in [0.2, 0.25) is 0 Å². The highest BCUT2D eigenvalue weighted by Gasteiger charge is 2.28. The van der Waals surface area contributed by atoms with E-state index in [1.54, 1.807) is 0 Å². The van der Waals surface area contributed by atoms with Gasteiger partial charge in [-0.25, -0.2) is 0 Å². The van der Waals surface area contributed by atoms with E-state index in [4.69, 9.17) is 4.74 Å². The standard InChI is InChI=1S/C13H26O3/c1-6-12(4,5)11(14)16-10-9-13(15,7-2)8-3/h15H,6-10H2,1-5H3. The lowest BCUT2D eigenvalue weighted by atomic mass is 9.90. The maximum Gasteiger partial charge on any atom is 0.311 e. The molecule has 0 radical (unpaired) electrons. The lowest BCUT2D eigenvalue weighted by molar-refractivity contribution is -0.155. The summed E-state index contributed by atoms with van der Waals surface area (Å²) in [6.07, 6.45) is 2.67. The fourth-order valence-electron chi connectivity index (χ4n) is 1.28. The van der Waals surface area contributed by atoms with E-state index in [2.05, 4.69) is 0 Å². The second kappa shape index (κ2) is 6.24. The molecule has 0 aliphatic carbocycles. The second-order valence-corrected chi connectivity index (χ2v) is 5.05. The first-order chi connectivity index (χ1) is 7.31. The molecule has 3 nitrogen and oxygen atoms in total. The number of aliphatic hydroxyl groups is 1. The Kier molecular flexibility index (Phi) is 6.01. The average molecular weight is 230 g/mol. The minimum atomic E-state index is -0.684. The summed E-state index contributed by atoms with van der Waals surface area (Å²) in [6.45, 7) is 9.92. The Labute approximate surface area is 99.2 Å². The third-order valence-electron chi connectivity index (χ3n) is 3.55. The van der Waals surface area contributed by atoms with Crippen LogP contribution in [-0.4, -0.2) is 23.3 Å². The lowest BCUT2D eigenvalue weighted by Gasteiger charge is -2.26. The van der Waals surface area contributed by atoms with E-state index in [1.165, 1.54) is 0 Å². The summed E-state index contributed by atoms with van der Waals surface area (Å²) in [5.41, 5.74) is -1.10. The molecule has 1 N–H and O–H groups in total. The van der Waals surface area contributed by atoms with Gasteiger partial charge in [0.2, 0.25) is 0 Å². The zero-order valence-corrected chi connectivity index (χ0v) is 11.3. The van der Waals surface area contributed by atoms with Crippen LogP contribution in [0.15, 0.2) is 0 Å². The molecule has 0 spiro atoms. The third kappa shape index (κ3) is 4.52. The van der Waals surface area contributed by atoms with Crippen molar-refractivity contribution in [2.45, 2.75) is 65.9 Å². The molecule has 0 rings (SSSR count). The Hall–Kier alpha value is -0.570. The van der Waals surface area contributed by atoms with Crippen LogP contribution in [0, 0.1) is 5.41 Å². The number of carbonyl (C=O) groups is 1. The van der Waals surface area contributed by atoms with Crippen molar-refractivity contribution in [2.75, 3.05) is 6.61 Å². The van der Waals surface area contributed by atoms with Crippen molar-refractivity contribution in [3.63, 3.8) is 0 Å². The molecule has 0 unspecified atom stereocenters. The maximum absolute atomic E-state index is 11.7. The maximum atomic E-state index is 11.7. The van der Waals surface area contributed by atoms with Crippen LogP contribution in [0.25, 0.3) is 0 Å². The fourth-order valence-corrected chi connectivity index (χ4v) is 1.28. The van der Waals surface area contributed by atoms with E-state index in [0.717, 1.165) is 6.42 Å². The SMILES string of the molecule is CCC(O)(CC)CCOC(=O)C(C)(C)CC. The molecule has 0 fully saturated rings. The van der Waals surface area contributed by atoms with Crippen molar-refractivity contribution in [1.29, 1.82) is 0 Å². The zero-order chi connectivity index (χ0) is 12.8. The Balaban J connectivity index is 4.04. The highest BCUT2D eigenvalue weighted by molar-refractivity contribution is 5.75. The first-order valence-corrected chi connectivity index (χ1v) is 6.21. The quantitative estimate of drug-likeness (QED) is 0.684. The van der Waals surface area contributed by atoms with Crippen LogP contribution in [0.3, 0.4) is 0 Å². The number of rotatable bonds is 7. The summed E-state index contributed by atoms with van der Waals surface area (Å²) < 4.78 is 5.20.